The number of halogens is 1. The van der Waals surface area contributed by atoms with E-state index in [1.165, 1.54) is 48.8 Å². The van der Waals surface area contributed by atoms with Crippen molar-refractivity contribution in [1.29, 1.82) is 0 Å². The summed E-state index contributed by atoms with van der Waals surface area (Å²) in [7, 11) is 0. The van der Waals surface area contributed by atoms with Gasteiger partial charge in [-0.25, -0.2) is 4.79 Å². The monoisotopic (exact) mass is 536 g/mol. The van der Waals surface area contributed by atoms with Gasteiger partial charge in [0.15, 0.2) is 0 Å². The number of fused-ring (bicyclic) bond motifs is 1. The van der Waals surface area contributed by atoms with E-state index >= 15 is 0 Å². The van der Waals surface area contributed by atoms with Crippen LogP contribution in [0.3, 0.4) is 0 Å². The molecule has 2 fully saturated rings. The number of hydrogen-bond donors (Lipinski definition) is 0. The Bertz CT molecular complexity index is 1250. The summed E-state index contributed by atoms with van der Waals surface area (Å²) in [4.78, 5) is 15.6. The van der Waals surface area contributed by atoms with Crippen molar-refractivity contribution < 1.29 is 9.53 Å². The number of benzene rings is 2. The minimum atomic E-state index is -0.529. The summed E-state index contributed by atoms with van der Waals surface area (Å²) in [5.41, 5.74) is 5.97. The number of aromatic nitrogens is 1. The van der Waals surface area contributed by atoms with E-state index in [0.29, 0.717) is 11.5 Å². The van der Waals surface area contributed by atoms with E-state index in [1.807, 2.05) is 27.0 Å². The lowest BCUT2D eigenvalue weighted by Crippen LogP contribution is -2.58. The van der Waals surface area contributed by atoms with Crippen molar-refractivity contribution in [2.45, 2.75) is 84.9 Å². The first-order valence-corrected chi connectivity index (χ1v) is 13.7. The molecule has 0 N–H and O–H groups in total. The van der Waals surface area contributed by atoms with Gasteiger partial charge in [0.1, 0.15) is 5.60 Å². The highest BCUT2D eigenvalue weighted by atomic mass is 79.9. The van der Waals surface area contributed by atoms with Gasteiger partial charge in [-0.15, -0.1) is 0 Å². The number of likely N-dealkylation sites (tertiary alicyclic amines) is 1. The van der Waals surface area contributed by atoms with Crippen molar-refractivity contribution >= 4 is 32.9 Å². The zero-order valence-electron chi connectivity index (χ0n) is 21.7. The molecule has 0 bridgehead atoms. The van der Waals surface area contributed by atoms with Crippen LogP contribution >= 0.6 is 15.9 Å². The fourth-order valence-electron chi connectivity index (χ4n) is 6.55. The largest absolute Gasteiger partial charge is 0.443 e. The fraction of sp³-hybridized carbons (Fsp3) is 0.500. The summed E-state index contributed by atoms with van der Waals surface area (Å²) >= 11 is 3.61. The average molecular weight is 538 g/mol. The molecule has 0 amide bonds. The lowest BCUT2D eigenvalue weighted by molar-refractivity contribution is -0.106. The predicted molar refractivity (Wildman–Crippen MR) is 146 cm³/mol. The lowest BCUT2D eigenvalue weighted by atomic mass is 9.61. The lowest BCUT2D eigenvalue weighted by Gasteiger charge is -2.60. The molecule has 1 aliphatic heterocycles. The van der Waals surface area contributed by atoms with Crippen LogP contribution in [0, 0.1) is 19.3 Å². The topological polar surface area (TPSA) is 34.5 Å². The van der Waals surface area contributed by atoms with E-state index in [4.69, 9.17) is 4.74 Å². The molecule has 1 saturated heterocycles. The van der Waals surface area contributed by atoms with Crippen LogP contribution in [0.2, 0.25) is 0 Å². The highest BCUT2D eigenvalue weighted by molar-refractivity contribution is 9.10. The number of hydrogen-bond acceptors (Lipinski definition) is 3. The Morgan fingerprint density at radius 2 is 1.74 bits per heavy atom. The summed E-state index contributed by atoms with van der Waals surface area (Å²) in [6, 6.07) is 13.7. The molecule has 1 spiro atoms. The molecular weight excluding hydrogens is 500 g/mol. The Morgan fingerprint density at radius 1 is 1.06 bits per heavy atom. The van der Waals surface area contributed by atoms with Crippen molar-refractivity contribution in [3.05, 3.63) is 69.3 Å². The molecule has 35 heavy (non-hydrogen) atoms. The van der Waals surface area contributed by atoms with Crippen LogP contribution < -0.4 is 0 Å². The van der Waals surface area contributed by atoms with Crippen LogP contribution in [0.25, 0.3) is 10.9 Å². The second-order valence-electron chi connectivity index (χ2n) is 11.7. The van der Waals surface area contributed by atoms with Gasteiger partial charge in [0.25, 0.3) is 0 Å². The maximum atomic E-state index is 13.0. The first kappa shape index (κ1) is 24.6. The van der Waals surface area contributed by atoms with Crippen molar-refractivity contribution in [1.82, 2.24) is 9.47 Å². The third-order valence-corrected chi connectivity index (χ3v) is 8.47. The Kier molecular flexibility index (Phi) is 6.38. The predicted octanol–water partition coefficient (Wildman–Crippen LogP) is 8.31. The molecule has 5 rings (SSSR count). The van der Waals surface area contributed by atoms with Gasteiger partial charge in [0.2, 0.25) is 0 Å². The maximum Gasteiger partial charge on any atom is 0.418 e. The normalized spacial score (nSPS) is 20.2. The molecule has 1 atom stereocenters. The van der Waals surface area contributed by atoms with Crippen molar-refractivity contribution in [2.75, 3.05) is 6.54 Å². The van der Waals surface area contributed by atoms with Crippen molar-refractivity contribution in [2.24, 2.45) is 5.41 Å². The third-order valence-electron chi connectivity index (χ3n) is 7.94. The van der Waals surface area contributed by atoms with Gasteiger partial charge in [-0.1, -0.05) is 53.4 Å². The smallest absolute Gasteiger partial charge is 0.418 e. The number of rotatable bonds is 3. The zero-order valence-corrected chi connectivity index (χ0v) is 23.2. The summed E-state index contributed by atoms with van der Waals surface area (Å²) < 4.78 is 8.51. The molecule has 0 radical (unpaired) electrons. The van der Waals surface area contributed by atoms with Gasteiger partial charge in [-0.3, -0.25) is 9.47 Å². The first-order valence-electron chi connectivity index (χ1n) is 12.9. The van der Waals surface area contributed by atoms with E-state index in [2.05, 4.69) is 71.1 Å². The molecule has 4 nitrogen and oxygen atoms in total. The van der Waals surface area contributed by atoms with Crippen molar-refractivity contribution in [3.8, 4) is 0 Å². The Hall–Kier alpha value is -2.11. The number of aryl methyl sites for hydroxylation is 2. The molecule has 1 unspecified atom stereocenters. The van der Waals surface area contributed by atoms with Crippen LogP contribution in [0.15, 0.2) is 47.1 Å². The molecular formula is C30H37BrN2O2. The molecule has 1 saturated carbocycles. The molecule has 2 aliphatic rings. The van der Waals surface area contributed by atoms with Crippen LogP contribution in [0.4, 0.5) is 4.79 Å². The molecule has 186 valence electrons. The standard InChI is InChI=1S/C30H37BrN2O2/c1-20-17-21(2)26-24(13-16-33(26)28(34)35-29(3,4)5)25(20)18-32-19-30(14-7-6-8-15-30)27(32)22-9-11-23(31)12-10-22/h9-13,16-17,27H,6-8,14-15,18-19H2,1-5H3. The van der Waals surface area contributed by atoms with E-state index in [9.17, 15) is 4.79 Å². The number of nitrogens with zero attached hydrogens (tertiary/aromatic N) is 2. The van der Waals surface area contributed by atoms with Gasteiger partial charge in [-0.2, -0.15) is 0 Å². The minimum Gasteiger partial charge on any atom is -0.443 e. The summed E-state index contributed by atoms with van der Waals surface area (Å²) in [6.07, 6.45) is 8.25. The Morgan fingerprint density at radius 3 is 2.40 bits per heavy atom. The van der Waals surface area contributed by atoms with Crippen LogP contribution in [-0.4, -0.2) is 27.7 Å². The minimum absolute atomic E-state index is 0.316. The molecule has 2 heterocycles. The SMILES string of the molecule is Cc1cc(C)c2c(ccn2C(=O)OC(C)(C)C)c1CN1CC2(CCCCC2)C1c1ccc(Br)cc1. The van der Waals surface area contributed by atoms with Gasteiger partial charge in [0.05, 0.1) is 5.52 Å². The van der Waals surface area contributed by atoms with Gasteiger partial charge in [-0.05, 0) is 87.9 Å². The summed E-state index contributed by atoms with van der Waals surface area (Å²) in [6.45, 7) is 12.1. The fourth-order valence-corrected chi connectivity index (χ4v) is 6.81. The second-order valence-corrected chi connectivity index (χ2v) is 12.6. The third kappa shape index (κ3) is 4.58. The number of carbonyl (C=O) groups is 1. The average Bonchev–Trinajstić information content (AvgIpc) is 3.23. The molecule has 1 aliphatic carbocycles. The quantitative estimate of drug-likeness (QED) is 0.337. The van der Waals surface area contributed by atoms with Crippen molar-refractivity contribution in [3.63, 3.8) is 0 Å². The van der Waals surface area contributed by atoms with Gasteiger partial charge < -0.3 is 4.74 Å². The highest BCUT2D eigenvalue weighted by Gasteiger charge is 2.52. The van der Waals surface area contributed by atoms with E-state index in [-0.39, 0.29) is 6.09 Å². The number of carbonyl (C=O) groups excluding carboxylic acids is 1. The van der Waals surface area contributed by atoms with Crippen LogP contribution in [0.5, 0.6) is 0 Å². The van der Waals surface area contributed by atoms with Crippen LogP contribution in [0.1, 0.15) is 81.2 Å². The zero-order chi connectivity index (χ0) is 25.0. The second kappa shape index (κ2) is 9.08. The molecule has 5 heteroatoms. The Balaban J connectivity index is 1.51. The summed E-state index contributed by atoms with van der Waals surface area (Å²) in [5, 5.41) is 1.16. The molecule has 1 aromatic heterocycles. The van der Waals surface area contributed by atoms with Gasteiger partial charge in [0, 0.05) is 40.6 Å². The van der Waals surface area contributed by atoms with Crippen LogP contribution in [-0.2, 0) is 11.3 Å². The maximum absolute atomic E-state index is 13.0. The number of ether oxygens (including phenoxy) is 1. The van der Waals surface area contributed by atoms with E-state index < -0.39 is 5.60 Å². The van der Waals surface area contributed by atoms with E-state index in [1.54, 1.807) is 4.57 Å². The first-order chi connectivity index (χ1) is 16.6. The molecule has 3 aromatic rings. The Labute approximate surface area is 217 Å². The van der Waals surface area contributed by atoms with Gasteiger partial charge >= 0.3 is 6.09 Å². The summed E-state index contributed by atoms with van der Waals surface area (Å²) in [5.74, 6) is 0. The molecule has 2 aromatic carbocycles. The highest BCUT2D eigenvalue weighted by Crippen LogP contribution is 2.57. The van der Waals surface area contributed by atoms with E-state index in [0.717, 1.165) is 34.0 Å².